The van der Waals surface area contributed by atoms with Crippen LogP contribution in [0.3, 0.4) is 0 Å². The molecule has 0 N–H and O–H groups in total. The van der Waals surface area contributed by atoms with E-state index < -0.39 is 0 Å². The lowest BCUT2D eigenvalue weighted by Gasteiger charge is -2.09. The van der Waals surface area contributed by atoms with E-state index in [1.807, 2.05) is 0 Å². The second kappa shape index (κ2) is 2.62. The van der Waals surface area contributed by atoms with Crippen molar-refractivity contribution in [1.29, 1.82) is 0 Å². The minimum Gasteiger partial charge on any atom is -0.300 e. The molecule has 2 atom stereocenters. The van der Waals surface area contributed by atoms with E-state index in [1.165, 1.54) is 32.1 Å². The molecular formula is C10H16O. The Morgan fingerprint density at radius 1 is 1.09 bits per heavy atom. The Morgan fingerprint density at radius 2 is 1.64 bits per heavy atom. The summed E-state index contributed by atoms with van der Waals surface area (Å²) in [7, 11) is 0. The van der Waals surface area contributed by atoms with E-state index in [0.717, 1.165) is 11.8 Å². The van der Waals surface area contributed by atoms with Crippen LogP contribution in [0.25, 0.3) is 0 Å². The molecule has 0 aliphatic heterocycles. The predicted octanol–water partition coefficient (Wildman–Crippen LogP) is 2.40. The molecule has 2 aliphatic rings. The zero-order valence-corrected chi connectivity index (χ0v) is 7.18. The Bertz CT molecular complexity index is 162. The number of hydrogen-bond donors (Lipinski definition) is 0. The highest BCUT2D eigenvalue weighted by Gasteiger charge is 2.39. The highest BCUT2D eigenvalue weighted by atomic mass is 16.1. The maximum absolute atomic E-state index is 11.1. The molecule has 62 valence electrons. The number of hydrogen-bond acceptors (Lipinski definition) is 1. The van der Waals surface area contributed by atoms with Crippen LogP contribution in [0, 0.1) is 17.8 Å². The van der Waals surface area contributed by atoms with Gasteiger partial charge in [0, 0.05) is 5.92 Å². The van der Waals surface area contributed by atoms with Gasteiger partial charge in [-0.2, -0.15) is 0 Å². The molecule has 0 aromatic rings. The molecule has 1 nitrogen and oxygen atoms in total. The highest BCUT2D eigenvalue weighted by molar-refractivity contribution is 5.78. The molecule has 0 spiro atoms. The fraction of sp³-hybridized carbons (Fsp3) is 0.900. The van der Waals surface area contributed by atoms with Gasteiger partial charge in [-0.1, -0.05) is 0 Å². The fourth-order valence-electron chi connectivity index (χ4n) is 2.40. The summed E-state index contributed by atoms with van der Waals surface area (Å²) in [6.45, 7) is 1.75. The van der Waals surface area contributed by atoms with E-state index in [4.69, 9.17) is 0 Å². The van der Waals surface area contributed by atoms with Crippen molar-refractivity contribution in [3.05, 3.63) is 0 Å². The quantitative estimate of drug-likeness (QED) is 0.564. The lowest BCUT2D eigenvalue weighted by molar-refractivity contribution is -0.121. The Hall–Kier alpha value is -0.330. The van der Waals surface area contributed by atoms with Crippen molar-refractivity contribution in [2.45, 2.75) is 39.0 Å². The first kappa shape index (κ1) is 7.33. The first-order valence-electron chi connectivity index (χ1n) is 4.78. The summed E-state index contributed by atoms with van der Waals surface area (Å²) in [6.07, 6.45) is 6.47. The third-order valence-corrected chi connectivity index (χ3v) is 3.42. The second-order valence-corrected chi connectivity index (χ2v) is 4.22. The van der Waals surface area contributed by atoms with Gasteiger partial charge in [0.25, 0.3) is 0 Å². The second-order valence-electron chi connectivity index (χ2n) is 4.22. The summed E-state index contributed by atoms with van der Waals surface area (Å²) in [5.74, 6) is 2.87. The molecule has 2 aliphatic carbocycles. The Morgan fingerprint density at radius 3 is 2.09 bits per heavy atom. The van der Waals surface area contributed by atoms with Gasteiger partial charge in [0.2, 0.25) is 0 Å². The molecule has 0 saturated heterocycles. The molecule has 0 unspecified atom stereocenters. The molecule has 2 fully saturated rings. The number of carbonyl (C=O) groups excluding carboxylic acids is 1. The molecule has 0 amide bonds. The highest BCUT2D eigenvalue weighted by Crippen LogP contribution is 2.49. The molecular weight excluding hydrogens is 136 g/mol. The van der Waals surface area contributed by atoms with Crippen LogP contribution in [0.5, 0.6) is 0 Å². The van der Waals surface area contributed by atoms with Crippen molar-refractivity contribution in [1.82, 2.24) is 0 Å². The van der Waals surface area contributed by atoms with Crippen LogP contribution in [-0.2, 0) is 4.79 Å². The average molecular weight is 152 g/mol. The molecule has 0 aromatic heterocycles. The molecule has 2 rings (SSSR count). The van der Waals surface area contributed by atoms with Crippen molar-refractivity contribution in [2.75, 3.05) is 0 Å². The van der Waals surface area contributed by atoms with Crippen LogP contribution in [0.1, 0.15) is 39.0 Å². The Balaban J connectivity index is 1.91. The van der Waals surface area contributed by atoms with Crippen LogP contribution < -0.4 is 0 Å². The van der Waals surface area contributed by atoms with Crippen molar-refractivity contribution in [2.24, 2.45) is 17.8 Å². The first-order valence-corrected chi connectivity index (χ1v) is 4.78. The van der Waals surface area contributed by atoms with Gasteiger partial charge in [-0.05, 0) is 50.9 Å². The minimum atomic E-state index is 0.419. The summed E-state index contributed by atoms with van der Waals surface area (Å²) in [5.41, 5.74) is 0. The standard InChI is InChI=1S/C10H16O/c1-7(11)8-2-4-9-6-10(9)5-3-8/h8-10H,2-6H2,1H3/t9-,10-/m1/s1. The smallest absolute Gasteiger partial charge is 0.132 e. The van der Waals surface area contributed by atoms with Crippen LogP contribution in [-0.4, -0.2) is 5.78 Å². The van der Waals surface area contributed by atoms with Crippen molar-refractivity contribution < 1.29 is 4.79 Å². The SMILES string of the molecule is CC(=O)C1CC[C@@H]2C[C@H]2CC1. The summed E-state index contributed by atoms with van der Waals surface area (Å²) >= 11 is 0. The van der Waals surface area contributed by atoms with Crippen molar-refractivity contribution in [3.63, 3.8) is 0 Å². The maximum atomic E-state index is 11.1. The lowest BCUT2D eigenvalue weighted by atomic mass is 9.95. The monoisotopic (exact) mass is 152 g/mol. The van der Waals surface area contributed by atoms with E-state index in [2.05, 4.69) is 0 Å². The average Bonchev–Trinajstić information content (AvgIpc) is 2.60. The zero-order valence-electron chi connectivity index (χ0n) is 7.18. The van der Waals surface area contributed by atoms with E-state index in [1.54, 1.807) is 6.92 Å². The van der Waals surface area contributed by atoms with E-state index in [-0.39, 0.29) is 0 Å². The minimum absolute atomic E-state index is 0.419. The van der Waals surface area contributed by atoms with Gasteiger partial charge in [0.15, 0.2) is 0 Å². The van der Waals surface area contributed by atoms with Gasteiger partial charge in [-0.3, -0.25) is 4.79 Å². The van der Waals surface area contributed by atoms with Crippen LogP contribution in [0.4, 0.5) is 0 Å². The van der Waals surface area contributed by atoms with Gasteiger partial charge >= 0.3 is 0 Å². The van der Waals surface area contributed by atoms with Gasteiger partial charge < -0.3 is 0 Å². The van der Waals surface area contributed by atoms with Crippen LogP contribution >= 0.6 is 0 Å². The van der Waals surface area contributed by atoms with Crippen molar-refractivity contribution >= 4 is 5.78 Å². The van der Waals surface area contributed by atoms with Gasteiger partial charge in [0.05, 0.1) is 0 Å². The third-order valence-electron chi connectivity index (χ3n) is 3.42. The molecule has 0 radical (unpaired) electrons. The number of ketones is 1. The fourth-order valence-corrected chi connectivity index (χ4v) is 2.40. The maximum Gasteiger partial charge on any atom is 0.132 e. The number of rotatable bonds is 1. The van der Waals surface area contributed by atoms with Gasteiger partial charge in [0.1, 0.15) is 5.78 Å². The summed E-state index contributed by atoms with van der Waals surface area (Å²) < 4.78 is 0. The van der Waals surface area contributed by atoms with Gasteiger partial charge in [-0.25, -0.2) is 0 Å². The molecule has 2 saturated carbocycles. The normalized spacial score (nSPS) is 37.5. The molecule has 11 heavy (non-hydrogen) atoms. The Kier molecular flexibility index (Phi) is 1.74. The summed E-state index contributed by atoms with van der Waals surface area (Å²) in [6, 6.07) is 0. The van der Waals surface area contributed by atoms with Gasteiger partial charge in [-0.15, -0.1) is 0 Å². The largest absolute Gasteiger partial charge is 0.300 e. The molecule has 0 bridgehead atoms. The van der Waals surface area contributed by atoms with E-state index in [0.29, 0.717) is 11.7 Å². The van der Waals surface area contributed by atoms with E-state index >= 15 is 0 Å². The number of fused-ring (bicyclic) bond motifs is 1. The topological polar surface area (TPSA) is 17.1 Å². The van der Waals surface area contributed by atoms with Crippen molar-refractivity contribution in [3.8, 4) is 0 Å². The molecule has 0 heterocycles. The summed E-state index contributed by atoms with van der Waals surface area (Å²) in [4.78, 5) is 11.1. The van der Waals surface area contributed by atoms with Crippen LogP contribution in [0.2, 0.25) is 0 Å². The summed E-state index contributed by atoms with van der Waals surface area (Å²) in [5, 5.41) is 0. The third kappa shape index (κ3) is 1.47. The lowest BCUT2D eigenvalue weighted by Crippen LogP contribution is -2.09. The molecule has 0 aromatic carbocycles. The molecule has 1 heteroatoms. The zero-order chi connectivity index (χ0) is 7.84. The number of Topliss-reactive ketones (excluding diaryl/α,β-unsaturated/α-hetero) is 1. The van der Waals surface area contributed by atoms with E-state index in [9.17, 15) is 4.79 Å². The first-order chi connectivity index (χ1) is 5.27. The van der Waals surface area contributed by atoms with Crippen LogP contribution in [0.15, 0.2) is 0 Å². The Labute approximate surface area is 68.2 Å². The predicted molar refractivity (Wildman–Crippen MR) is 44.2 cm³/mol. The number of carbonyl (C=O) groups is 1.